The van der Waals surface area contributed by atoms with Gasteiger partial charge in [-0.05, 0) is 45.7 Å². The number of ether oxygens (including phenoxy) is 1. The Morgan fingerprint density at radius 1 is 1.24 bits per heavy atom. The van der Waals surface area contributed by atoms with Crippen molar-refractivity contribution in [2.45, 2.75) is 45.2 Å². The van der Waals surface area contributed by atoms with Crippen LogP contribution in [0.4, 0.5) is 0 Å². The first-order chi connectivity index (χ1) is 8.18. The van der Waals surface area contributed by atoms with Gasteiger partial charge in [0.25, 0.3) is 0 Å². The molecular weight excluding hydrogens is 216 g/mol. The van der Waals surface area contributed by atoms with Crippen molar-refractivity contribution in [1.29, 1.82) is 0 Å². The summed E-state index contributed by atoms with van der Waals surface area (Å²) in [6.45, 7) is 7.65. The summed E-state index contributed by atoms with van der Waals surface area (Å²) in [5.41, 5.74) is 0. The summed E-state index contributed by atoms with van der Waals surface area (Å²) in [7, 11) is 0. The molecule has 2 atom stereocenters. The van der Waals surface area contributed by atoms with Crippen LogP contribution in [-0.4, -0.2) is 49.2 Å². The average Bonchev–Trinajstić information content (AvgIpc) is 2.30. The van der Waals surface area contributed by atoms with Crippen LogP contribution in [0.5, 0.6) is 0 Å². The summed E-state index contributed by atoms with van der Waals surface area (Å²) < 4.78 is 5.46. The minimum Gasteiger partial charge on any atom is -0.377 e. The van der Waals surface area contributed by atoms with E-state index >= 15 is 0 Å². The zero-order valence-corrected chi connectivity index (χ0v) is 10.9. The molecule has 2 rings (SSSR count). The fourth-order valence-electron chi connectivity index (χ4n) is 2.93. The minimum atomic E-state index is 0.230. The van der Waals surface area contributed by atoms with Gasteiger partial charge in [-0.1, -0.05) is 0 Å². The van der Waals surface area contributed by atoms with Crippen LogP contribution in [0.2, 0.25) is 0 Å². The van der Waals surface area contributed by atoms with Gasteiger partial charge < -0.3 is 15.0 Å². The normalized spacial score (nSPS) is 31.5. The molecule has 17 heavy (non-hydrogen) atoms. The highest BCUT2D eigenvalue weighted by Gasteiger charge is 2.30. The molecule has 0 spiro atoms. The van der Waals surface area contributed by atoms with E-state index in [9.17, 15) is 4.79 Å². The smallest absolute Gasteiger partial charge is 0.223 e. The van der Waals surface area contributed by atoms with Crippen LogP contribution in [0.25, 0.3) is 0 Å². The van der Waals surface area contributed by atoms with Crippen molar-refractivity contribution in [3.05, 3.63) is 0 Å². The van der Waals surface area contributed by atoms with Crippen molar-refractivity contribution in [3.63, 3.8) is 0 Å². The third-order valence-electron chi connectivity index (χ3n) is 3.88. The molecule has 0 aliphatic carbocycles. The van der Waals surface area contributed by atoms with Gasteiger partial charge in [0.2, 0.25) is 5.91 Å². The summed E-state index contributed by atoms with van der Waals surface area (Å²) in [5, 5.41) is 3.34. The number of nitrogens with zero attached hydrogens (tertiary/aromatic N) is 1. The number of hydrogen-bond donors (Lipinski definition) is 1. The molecule has 98 valence electrons. The van der Waals surface area contributed by atoms with Gasteiger partial charge in [0.1, 0.15) is 0 Å². The molecule has 2 heterocycles. The third-order valence-corrected chi connectivity index (χ3v) is 3.88. The number of amides is 1. The number of morpholine rings is 1. The molecule has 0 bridgehead atoms. The summed E-state index contributed by atoms with van der Waals surface area (Å²) in [4.78, 5) is 14.4. The maximum absolute atomic E-state index is 12.3. The van der Waals surface area contributed by atoms with E-state index in [2.05, 4.69) is 19.2 Å². The quantitative estimate of drug-likeness (QED) is 0.783. The van der Waals surface area contributed by atoms with Crippen LogP contribution in [-0.2, 0) is 9.53 Å². The van der Waals surface area contributed by atoms with E-state index in [0.717, 1.165) is 32.4 Å². The fourth-order valence-corrected chi connectivity index (χ4v) is 2.93. The molecule has 2 saturated heterocycles. The van der Waals surface area contributed by atoms with Crippen molar-refractivity contribution in [1.82, 2.24) is 10.2 Å². The Morgan fingerprint density at radius 3 is 2.41 bits per heavy atom. The summed E-state index contributed by atoms with van der Waals surface area (Å²) >= 11 is 0. The number of nitrogens with one attached hydrogen (secondary N) is 1. The van der Waals surface area contributed by atoms with Gasteiger partial charge in [0, 0.05) is 6.42 Å². The molecule has 0 aromatic rings. The Labute approximate surface area is 104 Å². The molecule has 2 aliphatic rings. The molecular formula is C13H24N2O2. The first kappa shape index (κ1) is 12.8. The van der Waals surface area contributed by atoms with Gasteiger partial charge in [0.15, 0.2) is 0 Å². The predicted molar refractivity (Wildman–Crippen MR) is 66.8 cm³/mol. The van der Waals surface area contributed by atoms with E-state index in [4.69, 9.17) is 4.74 Å². The van der Waals surface area contributed by atoms with E-state index < -0.39 is 0 Å². The average molecular weight is 240 g/mol. The number of piperidine rings is 1. The summed E-state index contributed by atoms with van der Waals surface area (Å²) in [5.74, 6) is 0.895. The molecule has 4 heteroatoms. The second-order valence-corrected chi connectivity index (χ2v) is 5.43. The van der Waals surface area contributed by atoms with Gasteiger partial charge in [-0.2, -0.15) is 0 Å². The molecule has 0 radical (unpaired) electrons. The predicted octanol–water partition coefficient (Wildman–Crippen LogP) is 1.01. The SMILES string of the molecule is C[C@@H]1COC[C@@H](C)N1C(=O)CC1CCNCC1. The summed E-state index contributed by atoms with van der Waals surface area (Å²) in [6, 6.07) is 0.459. The van der Waals surface area contributed by atoms with Crippen LogP contribution in [0.15, 0.2) is 0 Å². The Kier molecular flexibility index (Phi) is 4.40. The highest BCUT2D eigenvalue weighted by Crippen LogP contribution is 2.21. The lowest BCUT2D eigenvalue weighted by molar-refractivity contribution is -0.145. The fraction of sp³-hybridized carbons (Fsp3) is 0.923. The van der Waals surface area contributed by atoms with Crippen LogP contribution < -0.4 is 5.32 Å². The Hall–Kier alpha value is -0.610. The maximum atomic E-state index is 12.3. The van der Waals surface area contributed by atoms with Crippen molar-refractivity contribution < 1.29 is 9.53 Å². The first-order valence-electron chi connectivity index (χ1n) is 6.78. The Balaban J connectivity index is 1.88. The van der Waals surface area contributed by atoms with Gasteiger partial charge in [-0.25, -0.2) is 0 Å². The highest BCUT2D eigenvalue weighted by molar-refractivity contribution is 5.77. The molecule has 2 fully saturated rings. The molecule has 1 amide bonds. The lowest BCUT2D eigenvalue weighted by Gasteiger charge is -2.39. The van der Waals surface area contributed by atoms with Gasteiger partial charge in [-0.3, -0.25) is 4.79 Å². The van der Waals surface area contributed by atoms with Gasteiger partial charge >= 0.3 is 0 Å². The van der Waals surface area contributed by atoms with Gasteiger partial charge in [-0.15, -0.1) is 0 Å². The Morgan fingerprint density at radius 2 is 1.82 bits per heavy atom. The molecule has 0 aromatic heterocycles. The highest BCUT2D eigenvalue weighted by atomic mass is 16.5. The number of carbonyl (C=O) groups is 1. The monoisotopic (exact) mass is 240 g/mol. The van der Waals surface area contributed by atoms with E-state index in [1.165, 1.54) is 0 Å². The zero-order valence-electron chi connectivity index (χ0n) is 10.9. The lowest BCUT2D eigenvalue weighted by atomic mass is 9.93. The topological polar surface area (TPSA) is 41.6 Å². The van der Waals surface area contributed by atoms with Crippen molar-refractivity contribution in [3.8, 4) is 0 Å². The molecule has 2 aliphatic heterocycles. The summed E-state index contributed by atoms with van der Waals surface area (Å²) in [6.07, 6.45) is 2.99. The maximum Gasteiger partial charge on any atom is 0.223 e. The van der Waals surface area contributed by atoms with E-state index in [1.54, 1.807) is 0 Å². The molecule has 0 saturated carbocycles. The van der Waals surface area contributed by atoms with E-state index in [-0.39, 0.29) is 12.1 Å². The molecule has 4 nitrogen and oxygen atoms in total. The van der Waals surface area contributed by atoms with E-state index in [1.807, 2.05) is 4.90 Å². The van der Waals surface area contributed by atoms with Crippen molar-refractivity contribution >= 4 is 5.91 Å². The number of hydrogen-bond acceptors (Lipinski definition) is 3. The zero-order chi connectivity index (χ0) is 12.3. The number of rotatable bonds is 2. The largest absolute Gasteiger partial charge is 0.377 e. The van der Waals surface area contributed by atoms with Crippen LogP contribution in [0, 0.1) is 5.92 Å². The Bertz CT molecular complexity index is 254. The van der Waals surface area contributed by atoms with Gasteiger partial charge in [0.05, 0.1) is 25.3 Å². The van der Waals surface area contributed by atoms with Crippen molar-refractivity contribution in [2.24, 2.45) is 5.92 Å². The second-order valence-electron chi connectivity index (χ2n) is 5.43. The first-order valence-corrected chi connectivity index (χ1v) is 6.78. The molecule has 1 N–H and O–H groups in total. The standard InChI is InChI=1S/C13H24N2O2/c1-10-8-17-9-11(2)15(10)13(16)7-12-3-5-14-6-4-12/h10-12,14H,3-9H2,1-2H3/t10-,11-/m1/s1. The number of carbonyl (C=O) groups excluding carboxylic acids is 1. The lowest BCUT2D eigenvalue weighted by Crippen LogP contribution is -2.53. The molecule has 0 aromatic carbocycles. The third kappa shape index (κ3) is 3.19. The second kappa shape index (κ2) is 5.83. The van der Waals surface area contributed by atoms with Crippen LogP contribution in [0.3, 0.4) is 0 Å². The van der Waals surface area contributed by atoms with Crippen LogP contribution in [0.1, 0.15) is 33.1 Å². The minimum absolute atomic E-state index is 0.230. The van der Waals surface area contributed by atoms with Crippen LogP contribution >= 0.6 is 0 Å². The van der Waals surface area contributed by atoms with E-state index in [0.29, 0.717) is 25.0 Å². The van der Waals surface area contributed by atoms with Crippen molar-refractivity contribution in [2.75, 3.05) is 26.3 Å². The molecule has 0 unspecified atom stereocenters.